The van der Waals surface area contributed by atoms with E-state index in [0.29, 0.717) is 0 Å². The first-order chi connectivity index (χ1) is 11.1. The van der Waals surface area contributed by atoms with Crippen molar-refractivity contribution in [2.24, 2.45) is 0 Å². The van der Waals surface area contributed by atoms with Crippen molar-refractivity contribution in [1.29, 1.82) is 0 Å². The number of carbonyl (C=O) groups is 5. The molecular formula is C13H12Cl2O9. The Kier molecular flexibility index (Phi) is 12.6. The quantitative estimate of drug-likeness (QED) is 0.416. The normalized spacial score (nSPS) is 12.5. The van der Waals surface area contributed by atoms with Gasteiger partial charge >= 0.3 is 29.8 Å². The van der Waals surface area contributed by atoms with Crippen molar-refractivity contribution in [2.45, 2.75) is 6.92 Å². The summed E-state index contributed by atoms with van der Waals surface area (Å²) >= 11 is 10.4. The molecule has 0 radical (unpaired) electrons. The highest BCUT2D eigenvalue weighted by Gasteiger charge is 2.17. The van der Waals surface area contributed by atoms with Gasteiger partial charge in [0.05, 0.1) is 6.61 Å². The van der Waals surface area contributed by atoms with Gasteiger partial charge in [0.25, 0.3) is 0 Å². The highest BCUT2D eigenvalue weighted by atomic mass is 35.5. The zero-order valence-corrected chi connectivity index (χ0v) is 13.7. The second-order valence-electron chi connectivity index (χ2n) is 3.27. The summed E-state index contributed by atoms with van der Waals surface area (Å²) in [5, 5.41) is 14.5. The van der Waals surface area contributed by atoms with E-state index in [4.69, 9.17) is 33.4 Å². The maximum Gasteiger partial charge on any atom is 0.351 e. The molecular weight excluding hydrogens is 371 g/mol. The number of halogens is 2. The topological polar surface area (TPSA) is 144 Å². The van der Waals surface area contributed by atoms with Crippen molar-refractivity contribution in [2.75, 3.05) is 6.61 Å². The number of ether oxygens (including phenoxy) is 2. The third-order valence-electron chi connectivity index (χ3n) is 1.57. The predicted molar refractivity (Wildman–Crippen MR) is 81.1 cm³/mol. The molecule has 24 heavy (non-hydrogen) atoms. The molecule has 11 heteroatoms. The second-order valence-corrected chi connectivity index (χ2v) is 4.03. The van der Waals surface area contributed by atoms with Crippen LogP contribution in [0.3, 0.4) is 0 Å². The summed E-state index contributed by atoms with van der Waals surface area (Å²) in [6.45, 7) is 4.64. The summed E-state index contributed by atoms with van der Waals surface area (Å²) in [5.41, 5.74) is 0. The molecule has 0 saturated heterocycles. The van der Waals surface area contributed by atoms with E-state index in [1.807, 2.05) is 0 Å². The minimum Gasteiger partial charge on any atom is -0.478 e. The van der Waals surface area contributed by atoms with Crippen LogP contribution in [0.2, 0.25) is 0 Å². The standard InChI is InChI=1S/C6H6Cl2O4.C4H2O3.C3H4O2/c1-2-12-6(11)4(8)3(7)5(9)10;5-3-1-2-4(6)7-3;1-2-3(4)5/h2H2,1H3,(H,9,10);1-2H;2H,1H2,(H,4,5). The Balaban J connectivity index is 0. The molecule has 1 aliphatic heterocycles. The molecule has 0 amide bonds. The van der Waals surface area contributed by atoms with Crippen molar-refractivity contribution in [3.05, 3.63) is 34.9 Å². The Bertz CT molecular complexity index is 574. The van der Waals surface area contributed by atoms with Crippen molar-refractivity contribution in [3.63, 3.8) is 0 Å². The molecule has 0 aromatic rings. The highest BCUT2D eigenvalue weighted by molar-refractivity contribution is 6.52. The number of hydrogen-bond acceptors (Lipinski definition) is 7. The largest absolute Gasteiger partial charge is 0.478 e. The first-order valence-corrected chi connectivity index (χ1v) is 6.57. The lowest BCUT2D eigenvalue weighted by atomic mass is 10.5. The van der Waals surface area contributed by atoms with E-state index in [2.05, 4.69) is 16.1 Å². The summed E-state index contributed by atoms with van der Waals surface area (Å²) in [6, 6.07) is 0. The van der Waals surface area contributed by atoms with Crippen LogP contribution in [-0.2, 0) is 33.4 Å². The predicted octanol–water partition coefficient (Wildman–Crippen LogP) is 1.21. The van der Waals surface area contributed by atoms with Gasteiger partial charge in [-0.3, -0.25) is 0 Å². The van der Waals surface area contributed by atoms with Crippen LogP contribution in [0.25, 0.3) is 0 Å². The van der Waals surface area contributed by atoms with Gasteiger partial charge in [-0.1, -0.05) is 29.8 Å². The van der Waals surface area contributed by atoms with Crippen LogP contribution >= 0.6 is 23.2 Å². The number of carboxylic acid groups (broad SMARTS) is 2. The lowest BCUT2D eigenvalue weighted by Gasteiger charge is -1.99. The lowest BCUT2D eigenvalue weighted by Crippen LogP contribution is -2.08. The number of cyclic esters (lactones) is 2. The number of rotatable bonds is 4. The fourth-order valence-corrected chi connectivity index (χ4v) is 0.894. The molecule has 2 N–H and O–H groups in total. The average molecular weight is 383 g/mol. The molecule has 0 bridgehead atoms. The average Bonchev–Trinajstić information content (AvgIpc) is 2.90. The van der Waals surface area contributed by atoms with E-state index in [-0.39, 0.29) is 6.61 Å². The van der Waals surface area contributed by atoms with Gasteiger partial charge in [0.2, 0.25) is 0 Å². The Labute approximate surface area is 145 Å². The molecule has 0 spiro atoms. The molecule has 1 heterocycles. The number of aliphatic carboxylic acids is 2. The van der Waals surface area contributed by atoms with Gasteiger partial charge in [-0.2, -0.15) is 0 Å². The fourth-order valence-electron chi connectivity index (χ4n) is 0.681. The van der Waals surface area contributed by atoms with Gasteiger partial charge in [0, 0.05) is 18.2 Å². The molecule has 9 nitrogen and oxygen atoms in total. The van der Waals surface area contributed by atoms with Crippen molar-refractivity contribution in [3.8, 4) is 0 Å². The molecule has 0 unspecified atom stereocenters. The highest BCUT2D eigenvalue weighted by Crippen LogP contribution is 2.15. The van der Waals surface area contributed by atoms with E-state index < -0.39 is 39.9 Å². The van der Waals surface area contributed by atoms with Crippen LogP contribution in [0.5, 0.6) is 0 Å². The van der Waals surface area contributed by atoms with Gasteiger partial charge in [-0.15, -0.1) is 0 Å². The Morgan fingerprint density at radius 2 is 1.58 bits per heavy atom. The van der Waals surface area contributed by atoms with Crippen LogP contribution in [0.1, 0.15) is 6.92 Å². The zero-order chi connectivity index (χ0) is 19.3. The van der Waals surface area contributed by atoms with Crippen LogP contribution < -0.4 is 0 Å². The van der Waals surface area contributed by atoms with Crippen molar-refractivity contribution >= 4 is 53.0 Å². The lowest BCUT2D eigenvalue weighted by molar-refractivity contribution is -0.150. The van der Waals surface area contributed by atoms with Crippen LogP contribution in [-0.4, -0.2) is 46.7 Å². The first kappa shape index (κ1) is 23.6. The number of esters is 3. The van der Waals surface area contributed by atoms with Crippen LogP contribution in [0, 0.1) is 0 Å². The Hall–Kier alpha value is -2.65. The van der Waals surface area contributed by atoms with Gasteiger partial charge < -0.3 is 19.7 Å². The smallest absolute Gasteiger partial charge is 0.351 e. The van der Waals surface area contributed by atoms with Crippen molar-refractivity contribution in [1.82, 2.24) is 0 Å². The maximum atomic E-state index is 10.7. The first-order valence-electron chi connectivity index (χ1n) is 5.81. The van der Waals surface area contributed by atoms with E-state index in [9.17, 15) is 24.0 Å². The molecule has 1 aliphatic rings. The summed E-state index contributed by atoms with van der Waals surface area (Å²) in [7, 11) is 0. The SMILES string of the molecule is C=CC(=O)O.CCOC(=O)C(Cl)=C(Cl)C(=O)O.O=C1C=CC(=O)O1. The second kappa shape index (κ2) is 12.9. The summed E-state index contributed by atoms with van der Waals surface area (Å²) in [5.74, 6) is -4.54. The molecule has 132 valence electrons. The molecule has 0 aromatic carbocycles. The maximum absolute atomic E-state index is 10.7. The molecule has 0 aliphatic carbocycles. The Morgan fingerprint density at radius 3 is 1.79 bits per heavy atom. The van der Waals surface area contributed by atoms with Crippen LogP contribution in [0.15, 0.2) is 34.9 Å². The zero-order valence-electron chi connectivity index (χ0n) is 12.2. The minimum absolute atomic E-state index is 0.110. The van der Waals surface area contributed by atoms with E-state index in [0.717, 1.165) is 18.2 Å². The molecule has 1 rings (SSSR count). The summed E-state index contributed by atoms with van der Waals surface area (Å²) < 4.78 is 8.37. The minimum atomic E-state index is -1.46. The number of carboxylic acids is 2. The van der Waals surface area contributed by atoms with Crippen molar-refractivity contribution < 1.29 is 43.7 Å². The number of hydrogen-bond donors (Lipinski definition) is 2. The molecule has 0 fully saturated rings. The summed E-state index contributed by atoms with van der Waals surface area (Å²) in [6.07, 6.45) is 3.00. The summed E-state index contributed by atoms with van der Waals surface area (Å²) in [4.78, 5) is 50.0. The van der Waals surface area contributed by atoms with E-state index in [1.54, 1.807) is 6.92 Å². The fraction of sp³-hybridized carbons (Fsp3) is 0.154. The molecule has 0 aromatic heterocycles. The van der Waals surface area contributed by atoms with E-state index >= 15 is 0 Å². The molecule has 0 atom stereocenters. The van der Waals surface area contributed by atoms with Gasteiger partial charge in [0.1, 0.15) is 0 Å². The third-order valence-corrected chi connectivity index (χ3v) is 2.36. The van der Waals surface area contributed by atoms with Gasteiger partial charge in [-0.05, 0) is 6.92 Å². The molecule has 0 saturated carbocycles. The number of carbonyl (C=O) groups excluding carboxylic acids is 3. The van der Waals surface area contributed by atoms with Gasteiger partial charge in [0.15, 0.2) is 10.1 Å². The third kappa shape index (κ3) is 12.0. The van der Waals surface area contributed by atoms with E-state index in [1.165, 1.54) is 0 Å². The monoisotopic (exact) mass is 382 g/mol. The van der Waals surface area contributed by atoms with Gasteiger partial charge in [-0.25, -0.2) is 24.0 Å². The van der Waals surface area contributed by atoms with Crippen LogP contribution in [0.4, 0.5) is 0 Å². The Morgan fingerprint density at radius 1 is 1.17 bits per heavy atom.